The fourth-order valence-electron chi connectivity index (χ4n) is 2.75. The minimum atomic E-state index is -0.681. The second-order valence-corrected chi connectivity index (χ2v) is 7.86. The van der Waals surface area contributed by atoms with E-state index in [9.17, 15) is 14.4 Å². The van der Waals surface area contributed by atoms with Crippen molar-refractivity contribution in [3.05, 3.63) is 64.7 Å². The zero-order chi connectivity index (χ0) is 21.6. The average molecular weight is 397 g/mol. The molecule has 0 bridgehead atoms. The molecule has 154 valence electrons. The van der Waals surface area contributed by atoms with Gasteiger partial charge in [-0.2, -0.15) is 0 Å². The van der Waals surface area contributed by atoms with Crippen LogP contribution in [0.15, 0.2) is 42.5 Å². The van der Waals surface area contributed by atoms with Crippen molar-refractivity contribution in [2.24, 2.45) is 0 Å². The summed E-state index contributed by atoms with van der Waals surface area (Å²) >= 11 is 0. The Morgan fingerprint density at radius 3 is 2.24 bits per heavy atom. The Morgan fingerprint density at radius 2 is 1.66 bits per heavy atom. The Labute approximate surface area is 171 Å². The van der Waals surface area contributed by atoms with Crippen molar-refractivity contribution < 1.29 is 23.9 Å². The van der Waals surface area contributed by atoms with Crippen LogP contribution in [0.3, 0.4) is 0 Å². The van der Waals surface area contributed by atoms with Crippen LogP contribution >= 0.6 is 0 Å². The van der Waals surface area contributed by atoms with Gasteiger partial charge in [0.1, 0.15) is 5.75 Å². The van der Waals surface area contributed by atoms with E-state index < -0.39 is 24.4 Å². The maximum absolute atomic E-state index is 12.2. The van der Waals surface area contributed by atoms with Gasteiger partial charge in [-0.1, -0.05) is 50.6 Å². The largest absolute Gasteiger partial charge is 0.496 e. The molecule has 6 heteroatoms. The molecule has 0 atom stereocenters. The third kappa shape index (κ3) is 6.45. The van der Waals surface area contributed by atoms with E-state index in [2.05, 4.69) is 26.1 Å². The highest BCUT2D eigenvalue weighted by Crippen LogP contribution is 2.22. The van der Waals surface area contributed by atoms with Gasteiger partial charge in [0.05, 0.1) is 13.5 Å². The van der Waals surface area contributed by atoms with Gasteiger partial charge >= 0.3 is 5.97 Å². The van der Waals surface area contributed by atoms with Gasteiger partial charge in [-0.15, -0.1) is 0 Å². The number of hydrogen-bond acceptors (Lipinski definition) is 5. The Kier molecular flexibility index (Phi) is 7.15. The summed E-state index contributed by atoms with van der Waals surface area (Å²) in [7, 11) is 1.52. The van der Waals surface area contributed by atoms with Crippen LogP contribution in [0.2, 0.25) is 0 Å². The summed E-state index contributed by atoms with van der Waals surface area (Å²) in [6.45, 7) is 7.60. The molecule has 1 N–H and O–H groups in total. The lowest BCUT2D eigenvalue weighted by atomic mass is 9.87. The number of carbonyl (C=O) groups is 3. The first kappa shape index (κ1) is 22.1. The molecule has 0 heterocycles. The molecule has 0 saturated heterocycles. The molecule has 0 aliphatic heterocycles. The SMILES string of the molecule is COc1ccc(C)cc1CC(=O)OCC(=O)NC(=O)c1ccc(C(C)(C)C)cc1. The van der Waals surface area contributed by atoms with E-state index in [1.807, 2.05) is 31.2 Å². The number of methoxy groups -OCH3 is 1. The fourth-order valence-corrected chi connectivity index (χ4v) is 2.75. The zero-order valence-corrected chi connectivity index (χ0v) is 17.5. The van der Waals surface area contributed by atoms with Gasteiger partial charge in [-0.25, -0.2) is 0 Å². The van der Waals surface area contributed by atoms with Crippen LogP contribution in [0.4, 0.5) is 0 Å². The number of amides is 2. The molecule has 0 aromatic heterocycles. The zero-order valence-electron chi connectivity index (χ0n) is 17.5. The van der Waals surface area contributed by atoms with Gasteiger partial charge in [-0.05, 0) is 36.1 Å². The van der Waals surface area contributed by atoms with Crippen LogP contribution < -0.4 is 10.1 Å². The Balaban J connectivity index is 1.87. The van der Waals surface area contributed by atoms with E-state index in [0.717, 1.165) is 11.1 Å². The lowest BCUT2D eigenvalue weighted by molar-refractivity contribution is -0.147. The van der Waals surface area contributed by atoms with Crippen LogP contribution in [0.1, 0.15) is 47.8 Å². The van der Waals surface area contributed by atoms with E-state index in [1.54, 1.807) is 18.2 Å². The molecule has 0 spiro atoms. The first-order valence-electron chi connectivity index (χ1n) is 9.34. The summed E-state index contributed by atoms with van der Waals surface area (Å²) < 4.78 is 10.2. The minimum absolute atomic E-state index is 0.0274. The summed E-state index contributed by atoms with van der Waals surface area (Å²) in [5.74, 6) is -1.22. The van der Waals surface area contributed by atoms with Gasteiger partial charge in [0.15, 0.2) is 6.61 Å². The molecule has 0 aliphatic carbocycles. The van der Waals surface area contributed by atoms with E-state index in [-0.39, 0.29) is 11.8 Å². The molecule has 0 saturated carbocycles. The number of rotatable bonds is 6. The van der Waals surface area contributed by atoms with Crippen LogP contribution in [0.5, 0.6) is 5.75 Å². The smallest absolute Gasteiger partial charge is 0.310 e. The van der Waals surface area contributed by atoms with Crippen LogP contribution in [-0.4, -0.2) is 31.5 Å². The molecule has 0 radical (unpaired) electrons. The number of carbonyl (C=O) groups excluding carboxylic acids is 3. The summed E-state index contributed by atoms with van der Waals surface area (Å²) in [6, 6.07) is 12.5. The highest BCUT2D eigenvalue weighted by molar-refractivity contribution is 6.05. The van der Waals surface area contributed by atoms with Gasteiger partial charge < -0.3 is 9.47 Å². The molecular weight excluding hydrogens is 370 g/mol. The normalized spacial score (nSPS) is 10.9. The number of esters is 1. The first-order valence-corrected chi connectivity index (χ1v) is 9.34. The highest BCUT2D eigenvalue weighted by atomic mass is 16.5. The van der Waals surface area contributed by atoms with Crippen LogP contribution in [0, 0.1) is 6.92 Å². The molecule has 2 amide bonds. The number of benzene rings is 2. The molecule has 2 rings (SSSR count). The fraction of sp³-hybridized carbons (Fsp3) is 0.348. The number of aryl methyl sites for hydroxylation is 1. The van der Waals surface area contributed by atoms with Crippen molar-refractivity contribution in [3.63, 3.8) is 0 Å². The highest BCUT2D eigenvalue weighted by Gasteiger charge is 2.17. The number of imide groups is 1. The molecule has 6 nitrogen and oxygen atoms in total. The quantitative estimate of drug-likeness (QED) is 0.756. The first-order chi connectivity index (χ1) is 13.6. The van der Waals surface area contributed by atoms with Crippen molar-refractivity contribution in [1.82, 2.24) is 5.32 Å². The van der Waals surface area contributed by atoms with Crippen molar-refractivity contribution in [3.8, 4) is 5.75 Å². The van der Waals surface area contributed by atoms with E-state index >= 15 is 0 Å². The number of ether oxygens (including phenoxy) is 2. The van der Waals surface area contributed by atoms with E-state index in [4.69, 9.17) is 9.47 Å². The van der Waals surface area contributed by atoms with Crippen molar-refractivity contribution in [1.29, 1.82) is 0 Å². The Hall–Kier alpha value is -3.15. The van der Waals surface area contributed by atoms with Crippen molar-refractivity contribution >= 4 is 17.8 Å². The summed E-state index contributed by atoms with van der Waals surface area (Å²) in [4.78, 5) is 36.2. The number of hydrogen-bond donors (Lipinski definition) is 1. The topological polar surface area (TPSA) is 81.7 Å². The summed E-state index contributed by atoms with van der Waals surface area (Å²) in [5, 5.41) is 2.23. The molecule has 0 aliphatic rings. The van der Waals surface area contributed by atoms with E-state index in [0.29, 0.717) is 16.9 Å². The van der Waals surface area contributed by atoms with Gasteiger partial charge in [0.2, 0.25) is 0 Å². The molecule has 0 unspecified atom stereocenters. The summed E-state index contributed by atoms with van der Waals surface area (Å²) in [5.41, 5.74) is 3.07. The second kappa shape index (κ2) is 9.37. The predicted octanol–water partition coefficient (Wildman–Crippen LogP) is 3.34. The lowest BCUT2D eigenvalue weighted by Crippen LogP contribution is -2.34. The number of nitrogens with one attached hydrogen (secondary N) is 1. The Bertz CT molecular complexity index is 894. The van der Waals surface area contributed by atoms with Gasteiger partial charge in [0, 0.05) is 11.1 Å². The molecular formula is C23H27NO5. The van der Waals surface area contributed by atoms with Crippen molar-refractivity contribution in [2.45, 2.75) is 39.5 Å². The van der Waals surface area contributed by atoms with Gasteiger partial charge in [0.25, 0.3) is 11.8 Å². The summed E-state index contributed by atoms with van der Waals surface area (Å²) in [6.07, 6.45) is -0.0274. The van der Waals surface area contributed by atoms with Gasteiger partial charge in [-0.3, -0.25) is 19.7 Å². The predicted molar refractivity (Wildman–Crippen MR) is 110 cm³/mol. The molecule has 2 aromatic carbocycles. The minimum Gasteiger partial charge on any atom is -0.496 e. The Morgan fingerprint density at radius 1 is 1.00 bits per heavy atom. The van der Waals surface area contributed by atoms with E-state index in [1.165, 1.54) is 7.11 Å². The monoisotopic (exact) mass is 397 g/mol. The van der Waals surface area contributed by atoms with Crippen molar-refractivity contribution in [2.75, 3.05) is 13.7 Å². The average Bonchev–Trinajstić information content (AvgIpc) is 2.66. The molecule has 2 aromatic rings. The maximum Gasteiger partial charge on any atom is 0.310 e. The molecule has 0 fully saturated rings. The maximum atomic E-state index is 12.2. The lowest BCUT2D eigenvalue weighted by Gasteiger charge is -2.19. The third-order valence-electron chi connectivity index (χ3n) is 4.40. The van der Waals surface area contributed by atoms with Crippen LogP contribution in [0.25, 0.3) is 0 Å². The standard InChI is InChI=1S/C23H27NO5/c1-15-6-11-19(28-5)17(12-15)13-21(26)29-14-20(25)24-22(27)16-7-9-18(10-8-16)23(2,3)4/h6-12H,13-14H2,1-5H3,(H,24,25,27). The second-order valence-electron chi connectivity index (χ2n) is 7.86. The molecule has 29 heavy (non-hydrogen) atoms. The third-order valence-corrected chi connectivity index (χ3v) is 4.40. The van der Waals surface area contributed by atoms with Crippen LogP contribution in [-0.2, 0) is 26.2 Å².